The molecule has 2 heterocycles. The highest BCUT2D eigenvalue weighted by Crippen LogP contribution is 2.34. The summed E-state index contributed by atoms with van der Waals surface area (Å²) < 4.78 is 33.0. The molecule has 0 aliphatic carbocycles. The van der Waals surface area contributed by atoms with Crippen molar-refractivity contribution in [1.29, 1.82) is 0 Å². The highest BCUT2D eigenvalue weighted by molar-refractivity contribution is 7.92. The lowest BCUT2D eigenvalue weighted by Gasteiger charge is -2.30. The predicted molar refractivity (Wildman–Crippen MR) is 109 cm³/mol. The summed E-state index contributed by atoms with van der Waals surface area (Å²) in [5, 5.41) is 0. The average Bonchev–Trinajstić information content (AvgIpc) is 3.13. The van der Waals surface area contributed by atoms with Gasteiger partial charge in [0, 0.05) is 25.3 Å². The van der Waals surface area contributed by atoms with Gasteiger partial charge in [-0.1, -0.05) is 36.4 Å². The Morgan fingerprint density at radius 1 is 0.963 bits per heavy atom. The molecule has 2 aromatic carbocycles. The Morgan fingerprint density at radius 2 is 1.74 bits per heavy atom. The fourth-order valence-corrected chi connectivity index (χ4v) is 5.43. The largest absolute Gasteiger partial charge is 0.378 e. The van der Waals surface area contributed by atoms with Crippen molar-refractivity contribution >= 4 is 21.4 Å². The van der Waals surface area contributed by atoms with E-state index in [1.807, 2.05) is 36.4 Å². The van der Waals surface area contributed by atoms with Gasteiger partial charge in [0.25, 0.3) is 0 Å². The number of morpholine rings is 1. The van der Waals surface area contributed by atoms with E-state index in [0.717, 1.165) is 56.1 Å². The lowest BCUT2D eigenvalue weighted by molar-refractivity contribution is 0.122. The molecule has 1 saturated heterocycles. The fraction of sp³-hybridized carbons (Fsp3) is 0.429. The van der Waals surface area contributed by atoms with Crippen LogP contribution in [0.1, 0.15) is 17.5 Å². The van der Waals surface area contributed by atoms with Gasteiger partial charge in [-0.15, -0.1) is 0 Å². The lowest BCUT2D eigenvalue weighted by atomic mass is 10.1. The van der Waals surface area contributed by atoms with Crippen molar-refractivity contribution in [2.24, 2.45) is 0 Å². The molecule has 2 aliphatic heterocycles. The number of fused-ring (bicyclic) bond motifs is 1. The number of hydrogen-bond donors (Lipinski definition) is 0. The molecule has 0 saturated carbocycles. The van der Waals surface area contributed by atoms with Gasteiger partial charge in [0.1, 0.15) is 0 Å². The van der Waals surface area contributed by atoms with Gasteiger partial charge in [-0.25, -0.2) is 8.42 Å². The van der Waals surface area contributed by atoms with E-state index in [1.165, 1.54) is 5.56 Å². The van der Waals surface area contributed by atoms with Crippen LogP contribution in [0.5, 0.6) is 0 Å². The van der Waals surface area contributed by atoms with Crippen LogP contribution in [0, 0.1) is 0 Å². The zero-order chi connectivity index (χ0) is 18.7. The number of anilines is 2. The van der Waals surface area contributed by atoms with E-state index in [2.05, 4.69) is 17.0 Å². The Labute approximate surface area is 161 Å². The third-order valence-corrected chi connectivity index (χ3v) is 7.20. The van der Waals surface area contributed by atoms with E-state index >= 15 is 0 Å². The molecule has 0 aromatic heterocycles. The number of aryl methyl sites for hydroxylation is 1. The number of benzene rings is 2. The first-order chi connectivity index (χ1) is 13.1. The van der Waals surface area contributed by atoms with Crippen molar-refractivity contribution < 1.29 is 13.2 Å². The number of ether oxygens (including phenoxy) is 1. The smallest absolute Gasteiger partial charge is 0.235 e. The lowest BCUT2D eigenvalue weighted by Crippen LogP contribution is -2.36. The molecular weight excluding hydrogens is 360 g/mol. The molecule has 4 rings (SSSR count). The maximum Gasteiger partial charge on any atom is 0.235 e. The van der Waals surface area contributed by atoms with Gasteiger partial charge in [0.05, 0.1) is 24.7 Å². The summed E-state index contributed by atoms with van der Waals surface area (Å²) >= 11 is 0. The summed E-state index contributed by atoms with van der Waals surface area (Å²) in [5.41, 5.74) is 4.25. The maximum absolute atomic E-state index is 13.0. The molecule has 6 heteroatoms. The Hall–Kier alpha value is -2.05. The second kappa shape index (κ2) is 7.90. The molecule has 0 amide bonds. The maximum atomic E-state index is 13.0. The number of nitrogens with zero attached hydrogens (tertiary/aromatic N) is 2. The summed E-state index contributed by atoms with van der Waals surface area (Å²) in [6.45, 7) is 3.69. The minimum atomic E-state index is -3.30. The topological polar surface area (TPSA) is 49.9 Å². The van der Waals surface area contributed by atoms with Crippen LogP contribution < -0.4 is 9.21 Å². The summed E-state index contributed by atoms with van der Waals surface area (Å²) in [5.74, 6) is 0.184. The van der Waals surface area contributed by atoms with E-state index in [4.69, 9.17) is 4.74 Å². The predicted octanol–water partition coefficient (Wildman–Crippen LogP) is 2.85. The first kappa shape index (κ1) is 18.3. The molecule has 1 fully saturated rings. The van der Waals surface area contributed by atoms with Crippen LogP contribution in [0.15, 0.2) is 48.5 Å². The number of rotatable bonds is 6. The molecule has 27 heavy (non-hydrogen) atoms. The second-order valence-electron chi connectivity index (χ2n) is 7.14. The van der Waals surface area contributed by atoms with Crippen LogP contribution in [0.4, 0.5) is 11.4 Å². The zero-order valence-electron chi connectivity index (χ0n) is 15.5. The Balaban J connectivity index is 1.46. The van der Waals surface area contributed by atoms with E-state index < -0.39 is 10.0 Å². The van der Waals surface area contributed by atoms with Crippen molar-refractivity contribution in [3.63, 3.8) is 0 Å². The van der Waals surface area contributed by atoms with Gasteiger partial charge < -0.3 is 9.64 Å². The molecule has 0 unspecified atom stereocenters. The first-order valence-corrected chi connectivity index (χ1v) is 11.2. The van der Waals surface area contributed by atoms with Crippen molar-refractivity contribution in [1.82, 2.24) is 0 Å². The van der Waals surface area contributed by atoms with Gasteiger partial charge in [0.2, 0.25) is 10.0 Å². The fourth-order valence-electron chi connectivity index (χ4n) is 3.86. The normalized spacial score (nSPS) is 17.2. The summed E-state index contributed by atoms with van der Waals surface area (Å²) in [6, 6.07) is 16.3. The van der Waals surface area contributed by atoms with E-state index in [-0.39, 0.29) is 5.75 Å². The molecule has 144 valence electrons. The minimum Gasteiger partial charge on any atom is -0.378 e. The molecular formula is C21H26N2O3S. The molecule has 0 N–H and O–H groups in total. The monoisotopic (exact) mass is 386 g/mol. The van der Waals surface area contributed by atoms with Gasteiger partial charge in [-0.3, -0.25) is 4.31 Å². The van der Waals surface area contributed by atoms with Gasteiger partial charge in [-0.2, -0.15) is 0 Å². The van der Waals surface area contributed by atoms with Crippen molar-refractivity contribution in [3.8, 4) is 0 Å². The summed E-state index contributed by atoms with van der Waals surface area (Å²) in [7, 11) is -3.30. The zero-order valence-corrected chi connectivity index (χ0v) is 16.3. The SMILES string of the molecule is O=S(=O)(CCCc1ccccc1)N1CCc2ccc(N3CCOCC3)cc21. The Bertz CT molecular complexity index is 878. The second-order valence-corrected chi connectivity index (χ2v) is 9.15. The molecule has 0 atom stereocenters. The highest BCUT2D eigenvalue weighted by Gasteiger charge is 2.29. The molecule has 0 radical (unpaired) electrons. The van der Waals surface area contributed by atoms with Crippen LogP contribution in [-0.2, 0) is 27.6 Å². The Morgan fingerprint density at radius 3 is 2.52 bits per heavy atom. The molecule has 5 nitrogen and oxygen atoms in total. The molecule has 0 spiro atoms. The molecule has 2 aliphatic rings. The highest BCUT2D eigenvalue weighted by atomic mass is 32.2. The minimum absolute atomic E-state index is 0.184. The molecule has 0 bridgehead atoms. The molecule has 2 aromatic rings. The summed E-state index contributed by atoms with van der Waals surface area (Å²) in [4.78, 5) is 2.27. The van der Waals surface area contributed by atoms with Crippen LogP contribution >= 0.6 is 0 Å². The number of hydrogen-bond acceptors (Lipinski definition) is 4. The van der Waals surface area contributed by atoms with Gasteiger partial charge in [0.15, 0.2) is 0 Å². The van der Waals surface area contributed by atoms with E-state index in [0.29, 0.717) is 13.0 Å². The van der Waals surface area contributed by atoms with Crippen molar-refractivity contribution in [2.75, 3.05) is 47.8 Å². The van der Waals surface area contributed by atoms with Gasteiger partial charge >= 0.3 is 0 Å². The van der Waals surface area contributed by atoms with Gasteiger partial charge in [-0.05, 0) is 42.5 Å². The Kier molecular flexibility index (Phi) is 5.36. The van der Waals surface area contributed by atoms with Crippen LogP contribution in [-0.4, -0.2) is 47.0 Å². The van der Waals surface area contributed by atoms with Crippen LogP contribution in [0.2, 0.25) is 0 Å². The van der Waals surface area contributed by atoms with E-state index in [9.17, 15) is 8.42 Å². The third-order valence-electron chi connectivity index (χ3n) is 5.34. The van der Waals surface area contributed by atoms with Crippen LogP contribution in [0.25, 0.3) is 0 Å². The van der Waals surface area contributed by atoms with Crippen LogP contribution in [0.3, 0.4) is 0 Å². The quantitative estimate of drug-likeness (QED) is 0.766. The van der Waals surface area contributed by atoms with Crippen molar-refractivity contribution in [3.05, 3.63) is 59.7 Å². The third kappa shape index (κ3) is 4.12. The summed E-state index contributed by atoms with van der Waals surface area (Å²) in [6.07, 6.45) is 2.21. The van der Waals surface area contributed by atoms with Crippen molar-refractivity contribution in [2.45, 2.75) is 19.3 Å². The van der Waals surface area contributed by atoms with E-state index in [1.54, 1.807) is 4.31 Å². The average molecular weight is 387 g/mol. The first-order valence-electron chi connectivity index (χ1n) is 9.63. The number of sulfonamides is 1. The standard InChI is InChI=1S/C21H26N2O3S/c24-27(25,16-4-7-18-5-2-1-3-6-18)23-11-10-19-8-9-20(17-21(19)23)22-12-14-26-15-13-22/h1-3,5-6,8-9,17H,4,7,10-16H2.